The van der Waals surface area contributed by atoms with Crippen LogP contribution in [-0.4, -0.2) is 38.3 Å². The molecule has 0 aliphatic carbocycles. The van der Waals surface area contributed by atoms with Gasteiger partial charge in [0.15, 0.2) is 11.5 Å². The number of nitrogens with one attached hydrogen (secondary N) is 1. The summed E-state index contributed by atoms with van der Waals surface area (Å²) in [7, 11) is 3.50. The lowest BCUT2D eigenvalue weighted by Crippen LogP contribution is -2.36. The fraction of sp³-hybridized carbons (Fsp3) is 0.350. The number of nitrogens with zero attached hydrogens (tertiary/aromatic N) is 1. The highest BCUT2D eigenvalue weighted by Crippen LogP contribution is 2.34. The Labute approximate surface area is 164 Å². The van der Waals surface area contributed by atoms with E-state index in [1.165, 1.54) is 0 Å². The van der Waals surface area contributed by atoms with Crippen LogP contribution in [0.25, 0.3) is 0 Å². The van der Waals surface area contributed by atoms with E-state index < -0.39 is 0 Å². The average molecular weight is 391 g/mol. The maximum Gasteiger partial charge on any atom is 0.234 e. The first-order valence-corrected chi connectivity index (χ1v) is 9.04. The van der Waals surface area contributed by atoms with Gasteiger partial charge in [-0.1, -0.05) is 17.7 Å². The molecule has 0 unspecified atom stereocenters. The molecule has 0 saturated carbocycles. The number of hydrogen-bond acceptors (Lipinski definition) is 5. The summed E-state index contributed by atoms with van der Waals surface area (Å²) in [5, 5.41) is 3.65. The van der Waals surface area contributed by atoms with Crippen molar-refractivity contribution in [2.24, 2.45) is 0 Å². The molecule has 144 valence electrons. The van der Waals surface area contributed by atoms with Crippen LogP contribution >= 0.6 is 11.6 Å². The minimum atomic E-state index is -0.138. The van der Waals surface area contributed by atoms with Crippen molar-refractivity contribution in [3.63, 3.8) is 0 Å². The zero-order valence-electron chi connectivity index (χ0n) is 15.6. The molecular weight excluding hydrogens is 368 g/mol. The van der Waals surface area contributed by atoms with Gasteiger partial charge in [0.25, 0.3) is 0 Å². The number of ether oxygens (including phenoxy) is 3. The van der Waals surface area contributed by atoms with Gasteiger partial charge in [-0.05, 0) is 49.9 Å². The molecule has 1 heterocycles. The molecule has 27 heavy (non-hydrogen) atoms. The number of likely N-dealkylation sites (N-methyl/N-ethyl adjacent to an activating group) is 1. The van der Waals surface area contributed by atoms with E-state index in [0.717, 1.165) is 22.6 Å². The summed E-state index contributed by atoms with van der Waals surface area (Å²) >= 11 is 6.07. The van der Waals surface area contributed by atoms with Gasteiger partial charge in [0.2, 0.25) is 12.7 Å². The molecule has 1 aliphatic heterocycles. The molecule has 0 radical (unpaired) electrons. The Bertz CT molecular complexity index is 828. The fourth-order valence-electron chi connectivity index (χ4n) is 3.02. The topological polar surface area (TPSA) is 60.0 Å². The number of benzene rings is 2. The minimum absolute atomic E-state index is 0.0661. The third kappa shape index (κ3) is 4.84. The highest BCUT2D eigenvalue weighted by atomic mass is 35.5. The van der Waals surface area contributed by atoms with E-state index >= 15 is 0 Å². The summed E-state index contributed by atoms with van der Waals surface area (Å²) in [5.74, 6) is 2.12. The number of hydrogen-bond donors (Lipinski definition) is 1. The first-order chi connectivity index (χ1) is 13.0. The number of halogens is 1. The van der Waals surface area contributed by atoms with Crippen LogP contribution in [0.3, 0.4) is 0 Å². The zero-order valence-corrected chi connectivity index (χ0v) is 16.4. The fourth-order valence-corrected chi connectivity index (χ4v) is 3.21. The summed E-state index contributed by atoms with van der Waals surface area (Å²) in [5.41, 5.74) is 1.90. The van der Waals surface area contributed by atoms with Crippen molar-refractivity contribution in [2.75, 3.05) is 27.5 Å². The third-order valence-corrected chi connectivity index (χ3v) is 4.61. The van der Waals surface area contributed by atoms with Gasteiger partial charge in [0, 0.05) is 17.1 Å². The number of carbonyl (C=O) groups is 1. The molecule has 3 rings (SSSR count). The van der Waals surface area contributed by atoms with Crippen LogP contribution in [0, 0.1) is 0 Å². The molecule has 1 atom stereocenters. The van der Waals surface area contributed by atoms with Crippen molar-refractivity contribution in [2.45, 2.75) is 19.5 Å². The second-order valence-corrected chi connectivity index (χ2v) is 6.97. The lowest BCUT2D eigenvalue weighted by Gasteiger charge is -2.20. The number of rotatable bonds is 7. The summed E-state index contributed by atoms with van der Waals surface area (Å²) in [6, 6.07) is 11.0. The molecule has 2 aromatic rings. The second-order valence-electron chi connectivity index (χ2n) is 6.53. The van der Waals surface area contributed by atoms with E-state index in [4.69, 9.17) is 25.8 Å². The van der Waals surface area contributed by atoms with E-state index in [1.807, 2.05) is 49.2 Å². The molecule has 1 aliphatic rings. The molecule has 2 aromatic carbocycles. The quantitative estimate of drug-likeness (QED) is 0.785. The van der Waals surface area contributed by atoms with Gasteiger partial charge in [-0.25, -0.2) is 0 Å². The van der Waals surface area contributed by atoms with Gasteiger partial charge >= 0.3 is 0 Å². The Morgan fingerprint density at radius 1 is 1.26 bits per heavy atom. The number of carbonyl (C=O) groups excluding carboxylic acids is 1. The van der Waals surface area contributed by atoms with E-state index in [0.29, 0.717) is 17.3 Å². The van der Waals surface area contributed by atoms with Crippen molar-refractivity contribution in [3.8, 4) is 17.2 Å². The van der Waals surface area contributed by atoms with E-state index in [9.17, 15) is 4.79 Å². The Morgan fingerprint density at radius 3 is 2.81 bits per heavy atom. The molecule has 0 aromatic heterocycles. The standard InChI is InChI=1S/C20H23ClN2O4/c1-13(14-4-6-18-19(9-14)27-12-26-18)22-20(24)11-23(2)10-15-8-16(21)5-7-17(15)25-3/h4-9,13H,10-12H2,1-3H3,(H,22,24)/t13-/m1/s1. The SMILES string of the molecule is COc1ccc(Cl)cc1CN(C)CC(=O)N[C@H](C)c1ccc2c(c1)OCO2. The van der Waals surface area contributed by atoms with Crippen molar-refractivity contribution in [1.82, 2.24) is 10.2 Å². The van der Waals surface area contributed by atoms with Gasteiger partial charge in [-0.3, -0.25) is 9.69 Å². The lowest BCUT2D eigenvalue weighted by atomic mass is 10.1. The van der Waals surface area contributed by atoms with E-state index in [-0.39, 0.29) is 25.3 Å². The van der Waals surface area contributed by atoms with Crippen molar-refractivity contribution in [3.05, 3.63) is 52.5 Å². The lowest BCUT2D eigenvalue weighted by molar-refractivity contribution is -0.122. The van der Waals surface area contributed by atoms with Gasteiger partial charge in [0.05, 0.1) is 19.7 Å². The molecule has 0 fully saturated rings. The predicted octanol–water partition coefficient (Wildman–Crippen LogP) is 3.39. The summed E-state index contributed by atoms with van der Waals surface area (Å²) in [6.45, 7) is 2.98. The molecule has 0 bridgehead atoms. The van der Waals surface area contributed by atoms with Gasteiger partial charge in [0.1, 0.15) is 5.75 Å². The Morgan fingerprint density at radius 2 is 2.04 bits per heavy atom. The molecule has 0 spiro atoms. The largest absolute Gasteiger partial charge is 0.496 e. The Hall–Kier alpha value is -2.44. The Balaban J connectivity index is 1.56. The average Bonchev–Trinajstić information content (AvgIpc) is 3.09. The molecule has 1 N–H and O–H groups in total. The second kappa shape index (κ2) is 8.50. The van der Waals surface area contributed by atoms with Crippen LogP contribution in [0.1, 0.15) is 24.1 Å². The highest BCUT2D eigenvalue weighted by molar-refractivity contribution is 6.30. The molecule has 1 amide bonds. The van der Waals surface area contributed by atoms with Crippen molar-refractivity contribution >= 4 is 17.5 Å². The maximum absolute atomic E-state index is 12.4. The molecular formula is C20H23ClN2O4. The summed E-state index contributed by atoms with van der Waals surface area (Å²) in [4.78, 5) is 14.3. The number of amides is 1. The van der Waals surface area contributed by atoms with Gasteiger partial charge in [-0.2, -0.15) is 0 Å². The first kappa shape index (κ1) is 19.3. The first-order valence-electron chi connectivity index (χ1n) is 8.66. The monoisotopic (exact) mass is 390 g/mol. The highest BCUT2D eigenvalue weighted by Gasteiger charge is 2.18. The van der Waals surface area contributed by atoms with Crippen LogP contribution in [0.2, 0.25) is 5.02 Å². The van der Waals surface area contributed by atoms with Crippen LogP contribution in [0.15, 0.2) is 36.4 Å². The van der Waals surface area contributed by atoms with Crippen molar-refractivity contribution in [1.29, 1.82) is 0 Å². The molecule has 6 nitrogen and oxygen atoms in total. The Kier molecular flexibility index (Phi) is 6.08. The predicted molar refractivity (Wildman–Crippen MR) is 103 cm³/mol. The van der Waals surface area contributed by atoms with Crippen LogP contribution in [-0.2, 0) is 11.3 Å². The summed E-state index contributed by atoms with van der Waals surface area (Å²) in [6.07, 6.45) is 0. The maximum atomic E-state index is 12.4. The summed E-state index contributed by atoms with van der Waals surface area (Å²) < 4.78 is 16.1. The van der Waals surface area contributed by atoms with Gasteiger partial charge < -0.3 is 19.5 Å². The third-order valence-electron chi connectivity index (χ3n) is 4.37. The van der Waals surface area contributed by atoms with Crippen LogP contribution in [0.4, 0.5) is 0 Å². The van der Waals surface area contributed by atoms with Crippen LogP contribution in [0.5, 0.6) is 17.2 Å². The molecule has 0 saturated heterocycles. The number of methoxy groups -OCH3 is 1. The number of fused-ring (bicyclic) bond motifs is 1. The van der Waals surface area contributed by atoms with Gasteiger partial charge in [-0.15, -0.1) is 0 Å². The minimum Gasteiger partial charge on any atom is -0.496 e. The van der Waals surface area contributed by atoms with E-state index in [2.05, 4.69) is 5.32 Å². The zero-order chi connectivity index (χ0) is 19.4. The smallest absolute Gasteiger partial charge is 0.234 e. The van der Waals surface area contributed by atoms with Crippen LogP contribution < -0.4 is 19.5 Å². The van der Waals surface area contributed by atoms with Crippen molar-refractivity contribution < 1.29 is 19.0 Å². The van der Waals surface area contributed by atoms with E-state index in [1.54, 1.807) is 13.2 Å². The normalized spacial score (nSPS) is 13.5. The molecule has 7 heteroatoms.